The predicted molar refractivity (Wildman–Crippen MR) is 94.8 cm³/mol. The van der Waals surface area contributed by atoms with Gasteiger partial charge >= 0.3 is 0 Å². The third-order valence-corrected chi connectivity index (χ3v) is 4.73. The Morgan fingerprint density at radius 1 is 1.21 bits per heavy atom. The number of aromatic nitrogens is 4. The van der Waals surface area contributed by atoms with Crippen molar-refractivity contribution >= 4 is 16.9 Å². The first-order chi connectivity index (χ1) is 11.8. The van der Waals surface area contributed by atoms with Crippen LogP contribution in [0.5, 0.6) is 0 Å². The van der Waals surface area contributed by atoms with Gasteiger partial charge in [0.25, 0.3) is 0 Å². The molecule has 0 radical (unpaired) electrons. The first-order valence-corrected chi connectivity index (χ1v) is 8.47. The number of piperidine rings is 1. The summed E-state index contributed by atoms with van der Waals surface area (Å²) in [7, 11) is 2.08. The van der Waals surface area contributed by atoms with Gasteiger partial charge < -0.3 is 14.8 Å². The van der Waals surface area contributed by atoms with Crippen molar-refractivity contribution < 1.29 is 0 Å². The van der Waals surface area contributed by atoms with Crippen molar-refractivity contribution in [3.63, 3.8) is 0 Å². The number of hydrogen-bond donors (Lipinski definition) is 1. The number of nitrogens with zero attached hydrogens (tertiary/aromatic N) is 5. The zero-order chi connectivity index (χ0) is 16.4. The number of benzene rings is 1. The summed E-state index contributed by atoms with van der Waals surface area (Å²) in [6, 6.07) is 12.7. The Labute approximate surface area is 141 Å². The van der Waals surface area contributed by atoms with Gasteiger partial charge in [0.05, 0.1) is 17.6 Å². The van der Waals surface area contributed by atoms with Crippen LogP contribution in [0, 0.1) is 0 Å². The molecule has 1 aliphatic rings. The predicted octanol–water partition coefficient (Wildman–Crippen LogP) is 2.12. The van der Waals surface area contributed by atoms with Crippen LogP contribution in [-0.2, 0) is 13.6 Å². The van der Waals surface area contributed by atoms with E-state index in [4.69, 9.17) is 4.98 Å². The zero-order valence-electron chi connectivity index (χ0n) is 13.9. The number of anilines is 1. The molecule has 3 aromatic rings. The van der Waals surface area contributed by atoms with E-state index < -0.39 is 0 Å². The highest BCUT2D eigenvalue weighted by molar-refractivity contribution is 5.75. The summed E-state index contributed by atoms with van der Waals surface area (Å²) >= 11 is 0. The molecule has 1 aliphatic heterocycles. The van der Waals surface area contributed by atoms with Gasteiger partial charge in [-0.2, -0.15) is 5.10 Å². The number of imidazole rings is 1. The molecule has 24 heavy (non-hydrogen) atoms. The fraction of sp³-hybridized carbons (Fsp3) is 0.389. The number of hydrogen-bond acceptors (Lipinski definition) is 5. The molecular weight excluding hydrogens is 300 g/mol. The number of fused-ring (bicyclic) bond motifs is 1. The SMILES string of the molecule is Cn1c(CNC2CCCN(c3cccnn3)C2)nc2ccccc21. The maximum absolute atomic E-state index is 4.74. The number of rotatable bonds is 4. The van der Waals surface area contributed by atoms with E-state index in [1.165, 1.54) is 11.9 Å². The maximum Gasteiger partial charge on any atom is 0.151 e. The van der Waals surface area contributed by atoms with Gasteiger partial charge in [-0.1, -0.05) is 12.1 Å². The third-order valence-electron chi connectivity index (χ3n) is 4.73. The minimum Gasteiger partial charge on any atom is -0.354 e. The van der Waals surface area contributed by atoms with E-state index in [2.05, 4.69) is 50.2 Å². The average Bonchev–Trinajstić information content (AvgIpc) is 2.97. The van der Waals surface area contributed by atoms with Crippen molar-refractivity contribution in [2.75, 3.05) is 18.0 Å². The van der Waals surface area contributed by atoms with E-state index >= 15 is 0 Å². The van der Waals surface area contributed by atoms with Gasteiger partial charge in [0.2, 0.25) is 0 Å². The molecular formula is C18H22N6. The van der Waals surface area contributed by atoms with Crippen LogP contribution in [0.1, 0.15) is 18.7 Å². The fourth-order valence-corrected chi connectivity index (χ4v) is 3.40. The fourth-order valence-electron chi connectivity index (χ4n) is 3.40. The molecule has 6 nitrogen and oxygen atoms in total. The summed E-state index contributed by atoms with van der Waals surface area (Å²) in [6.45, 7) is 2.79. The normalized spacial score (nSPS) is 18.2. The molecule has 1 saturated heterocycles. The summed E-state index contributed by atoms with van der Waals surface area (Å²) in [5.74, 6) is 2.04. The van der Waals surface area contributed by atoms with Gasteiger partial charge in [0, 0.05) is 32.4 Å². The smallest absolute Gasteiger partial charge is 0.151 e. The highest BCUT2D eigenvalue weighted by atomic mass is 15.3. The summed E-state index contributed by atoms with van der Waals surface area (Å²) in [6.07, 6.45) is 4.06. The Bertz CT molecular complexity index is 813. The first kappa shape index (κ1) is 15.1. The second kappa shape index (κ2) is 6.57. The van der Waals surface area contributed by atoms with Crippen LogP contribution >= 0.6 is 0 Å². The molecule has 0 amide bonds. The average molecular weight is 322 g/mol. The molecule has 1 unspecified atom stereocenters. The largest absolute Gasteiger partial charge is 0.354 e. The third kappa shape index (κ3) is 2.97. The van der Waals surface area contributed by atoms with E-state index in [0.717, 1.165) is 43.2 Å². The highest BCUT2D eigenvalue weighted by Crippen LogP contribution is 2.18. The van der Waals surface area contributed by atoms with Crippen molar-refractivity contribution in [3.8, 4) is 0 Å². The summed E-state index contributed by atoms with van der Waals surface area (Å²) in [4.78, 5) is 7.05. The van der Waals surface area contributed by atoms with Crippen molar-refractivity contribution in [2.45, 2.75) is 25.4 Å². The van der Waals surface area contributed by atoms with Crippen LogP contribution in [0.15, 0.2) is 42.6 Å². The lowest BCUT2D eigenvalue weighted by Gasteiger charge is -2.33. The van der Waals surface area contributed by atoms with Crippen LogP contribution in [0.4, 0.5) is 5.82 Å². The Balaban J connectivity index is 1.42. The van der Waals surface area contributed by atoms with Gasteiger partial charge in [0.1, 0.15) is 5.82 Å². The standard InChI is InChI=1S/C18H22N6/c1-23-16-8-3-2-7-15(16)21-18(23)12-19-14-6-5-11-24(13-14)17-9-4-10-20-22-17/h2-4,7-10,14,19H,5-6,11-13H2,1H3. The van der Waals surface area contributed by atoms with E-state index in [1.807, 2.05) is 18.2 Å². The molecule has 0 spiro atoms. The number of nitrogens with one attached hydrogen (secondary N) is 1. The van der Waals surface area contributed by atoms with Crippen LogP contribution < -0.4 is 10.2 Å². The molecule has 4 rings (SSSR count). The first-order valence-electron chi connectivity index (χ1n) is 8.47. The van der Waals surface area contributed by atoms with Crippen LogP contribution in [0.3, 0.4) is 0 Å². The van der Waals surface area contributed by atoms with Gasteiger partial charge in [-0.05, 0) is 37.1 Å². The molecule has 6 heteroatoms. The Morgan fingerprint density at radius 3 is 2.96 bits per heavy atom. The molecule has 1 fully saturated rings. The summed E-state index contributed by atoms with van der Waals surface area (Å²) in [5.41, 5.74) is 2.24. The summed E-state index contributed by atoms with van der Waals surface area (Å²) in [5, 5.41) is 11.9. The molecule has 0 aliphatic carbocycles. The summed E-state index contributed by atoms with van der Waals surface area (Å²) < 4.78 is 2.17. The molecule has 1 aromatic carbocycles. The quantitative estimate of drug-likeness (QED) is 0.797. The Hall–Kier alpha value is -2.47. The van der Waals surface area contributed by atoms with Gasteiger partial charge in [0.15, 0.2) is 5.82 Å². The Kier molecular flexibility index (Phi) is 4.13. The topological polar surface area (TPSA) is 58.9 Å². The Morgan fingerprint density at radius 2 is 2.12 bits per heavy atom. The minimum absolute atomic E-state index is 0.445. The van der Waals surface area contributed by atoms with Crippen molar-refractivity contribution in [2.24, 2.45) is 7.05 Å². The van der Waals surface area contributed by atoms with E-state index in [1.54, 1.807) is 6.20 Å². The van der Waals surface area contributed by atoms with E-state index in [0.29, 0.717) is 6.04 Å². The number of para-hydroxylation sites is 2. The van der Waals surface area contributed by atoms with Crippen molar-refractivity contribution in [1.82, 2.24) is 25.1 Å². The number of aryl methyl sites for hydroxylation is 1. The van der Waals surface area contributed by atoms with E-state index in [-0.39, 0.29) is 0 Å². The minimum atomic E-state index is 0.445. The van der Waals surface area contributed by atoms with Gasteiger partial charge in [-0.15, -0.1) is 5.10 Å². The van der Waals surface area contributed by atoms with Crippen LogP contribution in [0.25, 0.3) is 11.0 Å². The molecule has 124 valence electrons. The van der Waals surface area contributed by atoms with Gasteiger partial charge in [-0.25, -0.2) is 4.98 Å². The molecule has 0 saturated carbocycles. The zero-order valence-corrected chi connectivity index (χ0v) is 13.9. The van der Waals surface area contributed by atoms with Crippen LogP contribution in [0.2, 0.25) is 0 Å². The van der Waals surface area contributed by atoms with Crippen molar-refractivity contribution in [1.29, 1.82) is 0 Å². The van der Waals surface area contributed by atoms with Gasteiger partial charge in [-0.3, -0.25) is 0 Å². The lowest BCUT2D eigenvalue weighted by atomic mass is 10.1. The highest BCUT2D eigenvalue weighted by Gasteiger charge is 2.21. The maximum atomic E-state index is 4.74. The lowest BCUT2D eigenvalue weighted by Crippen LogP contribution is -2.46. The second-order valence-corrected chi connectivity index (χ2v) is 6.32. The van der Waals surface area contributed by atoms with Crippen molar-refractivity contribution in [3.05, 3.63) is 48.4 Å². The molecule has 1 atom stereocenters. The molecule has 3 heterocycles. The molecule has 0 bridgehead atoms. The monoisotopic (exact) mass is 322 g/mol. The van der Waals surface area contributed by atoms with E-state index in [9.17, 15) is 0 Å². The molecule has 1 N–H and O–H groups in total. The lowest BCUT2D eigenvalue weighted by molar-refractivity contribution is 0.413. The second-order valence-electron chi connectivity index (χ2n) is 6.32. The molecule has 2 aromatic heterocycles. The van der Waals surface area contributed by atoms with Crippen LogP contribution in [-0.4, -0.2) is 38.9 Å².